The van der Waals surface area contributed by atoms with Crippen LogP contribution in [0.25, 0.3) is 5.70 Å². The van der Waals surface area contributed by atoms with E-state index in [1.807, 2.05) is 11.5 Å². The van der Waals surface area contributed by atoms with Crippen molar-refractivity contribution in [1.82, 2.24) is 15.6 Å². The van der Waals surface area contributed by atoms with Crippen LogP contribution in [-0.2, 0) is 9.59 Å². The lowest BCUT2D eigenvalue weighted by molar-refractivity contribution is -0.118. The lowest BCUT2D eigenvalue weighted by Gasteiger charge is -2.11. The van der Waals surface area contributed by atoms with E-state index < -0.39 is 0 Å². The molecule has 0 spiro atoms. The summed E-state index contributed by atoms with van der Waals surface area (Å²) in [5.41, 5.74) is 2.18. The van der Waals surface area contributed by atoms with Crippen LogP contribution in [0.5, 0.6) is 0 Å². The zero-order chi connectivity index (χ0) is 19.6. The lowest BCUT2D eigenvalue weighted by atomic mass is 10.00. The van der Waals surface area contributed by atoms with Crippen LogP contribution in [0.2, 0.25) is 0 Å². The predicted octanol–water partition coefficient (Wildman–Crippen LogP) is 2.85. The number of hydrogen-bond donors (Lipinski definition) is 3. The molecule has 2 rings (SSSR count). The zero-order valence-electron chi connectivity index (χ0n) is 15.7. The van der Waals surface area contributed by atoms with E-state index in [1.54, 1.807) is 6.20 Å². The third-order valence-corrected chi connectivity index (χ3v) is 4.88. The summed E-state index contributed by atoms with van der Waals surface area (Å²) in [6.07, 6.45) is 8.13. The van der Waals surface area contributed by atoms with Crippen molar-refractivity contribution in [1.29, 1.82) is 0 Å². The molecule has 1 aliphatic rings. The Morgan fingerprint density at radius 1 is 1.33 bits per heavy atom. The average molecular weight is 407 g/mol. The van der Waals surface area contributed by atoms with Gasteiger partial charge < -0.3 is 10.6 Å². The summed E-state index contributed by atoms with van der Waals surface area (Å²) in [6.45, 7) is 5.15. The molecule has 0 unspecified atom stereocenters. The molecular weight excluding hydrogens is 380 g/mol. The lowest BCUT2D eigenvalue weighted by Crippen LogP contribution is -2.35. The number of thiol groups is 1. The van der Waals surface area contributed by atoms with Crippen LogP contribution in [0, 0.1) is 5.92 Å². The van der Waals surface area contributed by atoms with Crippen LogP contribution < -0.4 is 10.6 Å². The number of rotatable bonds is 8. The number of aliphatic imine (C=N–C) groups is 1. The molecule has 0 fully saturated rings. The van der Waals surface area contributed by atoms with Gasteiger partial charge in [0.05, 0.1) is 11.4 Å². The van der Waals surface area contributed by atoms with Crippen LogP contribution in [-0.4, -0.2) is 41.4 Å². The number of hydrogen-bond acceptors (Lipinski definition) is 6. The first kappa shape index (κ1) is 21.4. The van der Waals surface area contributed by atoms with Gasteiger partial charge >= 0.3 is 0 Å². The highest BCUT2D eigenvalue weighted by Crippen LogP contribution is 2.26. The smallest absolute Gasteiger partial charge is 0.270 e. The van der Waals surface area contributed by atoms with Crippen LogP contribution in [0.1, 0.15) is 38.1 Å². The Morgan fingerprint density at radius 2 is 2.11 bits per heavy atom. The third-order valence-electron chi connectivity index (χ3n) is 3.79. The first-order chi connectivity index (χ1) is 13.0. The van der Waals surface area contributed by atoms with E-state index in [0.717, 1.165) is 29.1 Å². The zero-order valence-corrected chi connectivity index (χ0v) is 17.4. The molecule has 0 atom stereocenters. The van der Waals surface area contributed by atoms with Crippen molar-refractivity contribution < 1.29 is 9.59 Å². The van der Waals surface area contributed by atoms with Gasteiger partial charge in [0.2, 0.25) is 5.91 Å². The van der Waals surface area contributed by atoms with Gasteiger partial charge in [0.25, 0.3) is 5.91 Å². The van der Waals surface area contributed by atoms with E-state index in [0.29, 0.717) is 31.1 Å². The van der Waals surface area contributed by atoms with Gasteiger partial charge in [-0.3, -0.25) is 9.59 Å². The van der Waals surface area contributed by atoms with Crippen molar-refractivity contribution in [2.75, 3.05) is 18.8 Å². The second-order valence-corrected chi connectivity index (χ2v) is 7.69. The fourth-order valence-electron chi connectivity index (χ4n) is 2.62. The Labute approximate surface area is 169 Å². The van der Waals surface area contributed by atoms with E-state index >= 15 is 0 Å². The maximum atomic E-state index is 12.8. The van der Waals surface area contributed by atoms with Crippen molar-refractivity contribution >= 4 is 47.2 Å². The molecule has 0 saturated carbocycles. The SMILES string of the molecule is CC(C)/C=C1\CCC=C(c2nccs2)N=C1C(=O)NCCCNC(=O)CS. The van der Waals surface area contributed by atoms with E-state index in [-0.39, 0.29) is 17.6 Å². The van der Waals surface area contributed by atoms with Crippen molar-refractivity contribution in [3.05, 3.63) is 34.3 Å². The molecule has 0 saturated heterocycles. The number of nitrogens with zero attached hydrogens (tertiary/aromatic N) is 2. The minimum atomic E-state index is -0.188. The Morgan fingerprint density at radius 3 is 2.78 bits per heavy atom. The number of amides is 2. The summed E-state index contributed by atoms with van der Waals surface area (Å²) in [4.78, 5) is 32.9. The number of allylic oxidation sites excluding steroid dienone is 2. The molecule has 0 bridgehead atoms. The van der Waals surface area contributed by atoms with Crippen LogP contribution >= 0.6 is 24.0 Å². The van der Waals surface area contributed by atoms with Crippen molar-refractivity contribution in [3.63, 3.8) is 0 Å². The molecule has 0 radical (unpaired) electrons. The Hall–Kier alpha value is -1.93. The number of carbonyl (C=O) groups excluding carboxylic acids is 2. The summed E-state index contributed by atoms with van der Waals surface area (Å²) < 4.78 is 0. The van der Waals surface area contributed by atoms with Gasteiger partial charge in [0.1, 0.15) is 10.7 Å². The van der Waals surface area contributed by atoms with Crippen molar-refractivity contribution in [3.8, 4) is 0 Å². The van der Waals surface area contributed by atoms with Crippen molar-refractivity contribution in [2.24, 2.45) is 10.9 Å². The average Bonchev–Trinajstić information content (AvgIpc) is 3.09. The molecule has 0 aromatic carbocycles. The summed E-state index contributed by atoms with van der Waals surface area (Å²) in [5, 5.41) is 8.37. The fourth-order valence-corrected chi connectivity index (χ4v) is 3.36. The second kappa shape index (κ2) is 11.0. The quantitative estimate of drug-likeness (QED) is 0.458. The molecule has 1 aliphatic heterocycles. The second-order valence-electron chi connectivity index (χ2n) is 6.48. The summed E-state index contributed by atoms with van der Waals surface area (Å²) >= 11 is 5.42. The van der Waals surface area contributed by atoms with E-state index in [9.17, 15) is 9.59 Å². The fraction of sp³-hybridized carbons (Fsp3) is 0.474. The molecule has 1 aromatic rings. The van der Waals surface area contributed by atoms with Crippen LogP contribution in [0.15, 0.2) is 34.3 Å². The molecule has 1 aromatic heterocycles. The maximum absolute atomic E-state index is 12.8. The highest BCUT2D eigenvalue weighted by Gasteiger charge is 2.20. The summed E-state index contributed by atoms with van der Waals surface area (Å²) in [5.74, 6) is 0.194. The van der Waals surface area contributed by atoms with Crippen molar-refractivity contribution in [2.45, 2.75) is 33.1 Å². The molecular formula is C19H26N4O2S2. The van der Waals surface area contributed by atoms with Gasteiger partial charge in [-0.15, -0.1) is 11.3 Å². The standard InChI is InChI=1S/C19H26N4O2S2/c1-13(2)11-14-5-3-6-15(19-22-9-10-27-19)23-17(14)18(25)21-8-4-7-20-16(24)12-26/h6,9-11,13,26H,3-5,7-8,12H2,1-2H3,(H,20,24)(H,21,25)/b14-11+. The van der Waals surface area contributed by atoms with Gasteiger partial charge in [0, 0.05) is 24.7 Å². The first-order valence-corrected chi connectivity index (χ1v) is 10.6. The molecule has 2 heterocycles. The van der Waals surface area contributed by atoms with Crippen LogP contribution in [0.4, 0.5) is 0 Å². The van der Waals surface area contributed by atoms with Gasteiger partial charge in [-0.05, 0) is 30.8 Å². The molecule has 2 N–H and O–H groups in total. The molecule has 8 heteroatoms. The maximum Gasteiger partial charge on any atom is 0.270 e. The number of thiazole rings is 1. The molecule has 6 nitrogen and oxygen atoms in total. The Bertz CT molecular complexity index is 737. The molecule has 2 amide bonds. The summed E-state index contributed by atoms with van der Waals surface area (Å²) in [6, 6.07) is 0. The van der Waals surface area contributed by atoms with Gasteiger partial charge in [-0.25, -0.2) is 9.98 Å². The minimum Gasteiger partial charge on any atom is -0.355 e. The molecule has 146 valence electrons. The van der Waals surface area contributed by atoms with E-state index in [1.165, 1.54) is 11.3 Å². The number of nitrogens with one attached hydrogen (secondary N) is 2. The topological polar surface area (TPSA) is 83.4 Å². The molecule has 27 heavy (non-hydrogen) atoms. The highest BCUT2D eigenvalue weighted by molar-refractivity contribution is 7.81. The minimum absolute atomic E-state index is 0.113. The van der Waals surface area contributed by atoms with Gasteiger partial charge in [-0.2, -0.15) is 12.6 Å². The predicted molar refractivity (Wildman–Crippen MR) is 114 cm³/mol. The Kier molecular flexibility index (Phi) is 8.74. The summed E-state index contributed by atoms with van der Waals surface area (Å²) in [7, 11) is 0. The van der Waals surface area contributed by atoms with Gasteiger partial charge in [-0.1, -0.05) is 26.0 Å². The highest BCUT2D eigenvalue weighted by atomic mass is 32.1. The number of carbonyl (C=O) groups is 2. The first-order valence-electron chi connectivity index (χ1n) is 9.06. The van der Waals surface area contributed by atoms with E-state index in [2.05, 4.69) is 53.2 Å². The Balaban J connectivity index is 2.08. The monoisotopic (exact) mass is 406 g/mol. The largest absolute Gasteiger partial charge is 0.355 e. The van der Waals surface area contributed by atoms with Crippen LogP contribution in [0.3, 0.4) is 0 Å². The van der Waals surface area contributed by atoms with E-state index in [4.69, 9.17) is 0 Å². The normalized spacial score (nSPS) is 15.9. The number of aromatic nitrogens is 1. The molecule has 0 aliphatic carbocycles. The third kappa shape index (κ3) is 6.95. The van der Waals surface area contributed by atoms with Gasteiger partial charge in [0.15, 0.2) is 0 Å².